The zero-order valence-corrected chi connectivity index (χ0v) is 11.3. The summed E-state index contributed by atoms with van der Waals surface area (Å²) in [5.74, 6) is 0.547. The Morgan fingerprint density at radius 1 is 1.25 bits per heavy atom. The van der Waals surface area contributed by atoms with E-state index in [1.54, 1.807) is 12.4 Å². The van der Waals surface area contributed by atoms with Gasteiger partial charge in [0.05, 0.1) is 11.0 Å². The topological polar surface area (TPSA) is 72.1 Å². The van der Waals surface area contributed by atoms with Crippen molar-refractivity contribution in [1.82, 2.24) is 14.9 Å². The van der Waals surface area contributed by atoms with E-state index < -0.39 is 0 Å². The summed E-state index contributed by atoms with van der Waals surface area (Å²) in [6.45, 7) is 2.14. The fourth-order valence-electron chi connectivity index (χ4n) is 2.66. The number of carbonyl (C=O) groups is 1. The maximum Gasteiger partial charge on any atom is 0.222 e. The Labute approximate surface area is 117 Å². The molecule has 0 spiro atoms. The third kappa shape index (κ3) is 2.63. The Balaban J connectivity index is 1.66. The molecule has 20 heavy (non-hydrogen) atoms. The van der Waals surface area contributed by atoms with Gasteiger partial charge in [-0.2, -0.15) is 0 Å². The van der Waals surface area contributed by atoms with E-state index in [9.17, 15) is 4.79 Å². The number of amides is 1. The monoisotopic (exact) mass is 270 g/mol. The van der Waals surface area contributed by atoms with Crippen LogP contribution < -0.4 is 5.73 Å². The minimum atomic E-state index is 0.223. The first kappa shape index (κ1) is 13.0. The normalized spacial score (nSPS) is 18.9. The highest BCUT2D eigenvalue weighted by molar-refractivity contribution is 5.78. The highest BCUT2D eigenvalue weighted by Crippen LogP contribution is 2.18. The van der Waals surface area contributed by atoms with E-state index in [0.717, 1.165) is 30.5 Å². The van der Waals surface area contributed by atoms with Gasteiger partial charge in [-0.05, 0) is 36.6 Å². The molecule has 2 heterocycles. The van der Waals surface area contributed by atoms with Crippen LogP contribution in [0.25, 0.3) is 11.0 Å². The van der Waals surface area contributed by atoms with Crippen molar-refractivity contribution in [3.05, 3.63) is 36.2 Å². The molecule has 1 fully saturated rings. The molecule has 1 atom stereocenters. The number of fused-ring (bicyclic) bond motifs is 1. The fraction of sp³-hybridized carbons (Fsp3) is 0.400. The Bertz CT molecular complexity index is 628. The predicted octanol–water partition coefficient (Wildman–Crippen LogP) is 0.979. The molecule has 0 bridgehead atoms. The van der Waals surface area contributed by atoms with Crippen LogP contribution in [-0.2, 0) is 11.2 Å². The lowest BCUT2D eigenvalue weighted by molar-refractivity contribution is -0.127. The van der Waals surface area contributed by atoms with E-state index in [-0.39, 0.29) is 5.91 Å². The Morgan fingerprint density at radius 3 is 2.80 bits per heavy atom. The van der Waals surface area contributed by atoms with Gasteiger partial charge in [0, 0.05) is 31.9 Å². The van der Waals surface area contributed by atoms with Crippen molar-refractivity contribution < 1.29 is 4.79 Å². The van der Waals surface area contributed by atoms with E-state index in [1.807, 2.05) is 17.0 Å². The van der Waals surface area contributed by atoms with Gasteiger partial charge in [0.1, 0.15) is 0 Å². The molecule has 1 aromatic heterocycles. The number of benzene rings is 1. The Morgan fingerprint density at radius 2 is 2.05 bits per heavy atom. The molecule has 5 heteroatoms. The molecule has 1 saturated heterocycles. The summed E-state index contributed by atoms with van der Waals surface area (Å²) in [5, 5.41) is 0. The maximum absolute atomic E-state index is 11.8. The minimum Gasteiger partial charge on any atom is -0.342 e. The van der Waals surface area contributed by atoms with Crippen LogP contribution in [0.4, 0.5) is 0 Å². The van der Waals surface area contributed by atoms with Gasteiger partial charge >= 0.3 is 0 Å². The number of aromatic nitrogens is 2. The zero-order valence-electron chi connectivity index (χ0n) is 11.3. The second-order valence-corrected chi connectivity index (χ2v) is 5.28. The lowest BCUT2D eigenvalue weighted by Crippen LogP contribution is -2.28. The fourth-order valence-corrected chi connectivity index (χ4v) is 2.66. The van der Waals surface area contributed by atoms with Gasteiger partial charge in [-0.25, -0.2) is 0 Å². The lowest BCUT2D eigenvalue weighted by Gasteiger charge is -2.16. The van der Waals surface area contributed by atoms with Crippen molar-refractivity contribution in [3.63, 3.8) is 0 Å². The molecule has 0 radical (unpaired) electrons. The predicted molar refractivity (Wildman–Crippen MR) is 77.0 cm³/mol. The van der Waals surface area contributed by atoms with Crippen LogP contribution in [0.5, 0.6) is 0 Å². The largest absolute Gasteiger partial charge is 0.342 e. The first-order valence-electron chi connectivity index (χ1n) is 6.94. The number of hydrogen-bond donors (Lipinski definition) is 1. The highest BCUT2D eigenvalue weighted by atomic mass is 16.2. The van der Waals surface area contributed by atoms with E-state index in [1.165, 1.54) is 5.56 Å². The van der Waals surface area contributed by atoms with Gasteiger partial charge in [-0.15, -0.1) is 0 Å². The van der Waals surface area contributed by atoms with Crippen LogP contribution in [0.1, 0.15) is 12.0 Å². The van der Waals surface area contributed by atoms with Crippen LogP contribution in [0, 0.1) is 5.92 Å². The van der Waals surface area contributed by atoms with Crippen molar-refractivity contribution in [3.8, 4) is 0 Å². The Kier molecular flexibility index (Phi) is 3.60. The third-order valence-electron chi connectivity index (χ3n) is 3.83. The number of rotatable bonds is 4. The first-order chi connectivity index (χ1) is 9.76. The smallest absolute Gasteiger partial charge is 0.222 e. The molecule has 5 nitrogen and oxygen atoms in total. The molecule has 0 aliphatic carbocycles. The van der Waals surface area contributed by atoms with Gasteiger partial charge in [0.25, 0.3) is 0 Å². The molecule has 2 N–H and O–H groups in total. The highest BCUT2D eigenvalue weighted by Gasteiger charge is 2.27. The van der Waals surface area contributed by atoms with E-state index >= 15 is 0 Å². The average Bonchev–Trinajstić information content (AvgIpc) is 2.85. The lowest BCUT2D eigenvalue weighted by atomic mass is 10.1. The summed E-state index contributed by atoms with van der Waals surface area (Å²) in [6.07, 6.45) is 4.83. The molecular weight excluding hydrogens is 252 g/mol. The standard InChI is InChI=1S/C15H18N4O/c16-9-12-8-15(20)19(10-12)6-3-11-1-2-13-14(7-11)18-5-4-17-13/h1-2,4-5,7,12H,3,6,8-10,16H2. The molecule has 3 rings (SSSR count). The van der Waals surface area contributed by atoms with Crippen molar-refractivity contribution in [1.29, 1.82) is 0 Å². The van der Waals surface area contributed by atoms with Gasteiger partial charge in [0.2, 0.25) is 5.91 Å². The minimum absolute atomic E-state index is 0.223. The van der Waals surface area contributed by atoms with Gasteiger partial charge in [-0.3, -0.25) is 14.8 Å². The third-order valence-corrected chi connectivity index (χ3v) is 3.83. The summed E-state index contributed by atoms with van der Waals surface area (Å²) in [6, 6.07) is 6.08. The quantitative estimate of drug-likeness (QED) is 0.899. The molecule has 1 aliphatic heterocycles. The van der Waals surface area contributed by atoms with Gasteiger partial charge in [0.15, 0.2) is 0 Å². The van der Waals surface area contributed by atoms with Crippen molar-refractivity contribution >= 4 is 16.9 Å². The van der Waals surface area contributed by atoms with Crippen molar-refractivity contribution in [2.75, 3.05) is 19.6 Å². The van der Waals surface area contributed by atoms with Crippen LogP contribution in [0.15, 0.2) is 30.6 Å². The maximum atomic E-state index is 11.8. The number of hydrogen-bond acceptors (Lipinski definition) is 4. The molecular formula is C15H18N4O. The molecule has 1 aliphatic rings. The molecule has 0 saturated carbocycles. The zero-order chi connectivity index (χ0) is 13.9. The van der Waals surface area contributed by atoms with Crippen LogP contribution in [0.2, 0.25) is 0 Å². The summed E-state index contributed by atoms with van der Waals surface area (Å²) >= 11 is 0. The summed E-state index contributed by atoms with van der Waals surface area (Å²) in [5.41, 5.74) is 8.62. The van der Waals surface area contributed by atoms with Crippen molar-refractivity contribution in [2.45, 2.75) is 12.8 Å². The van der Waals surface area contributed by atoms with Crippen LogP contribution >= 0.6 is 0 Å². The SMILES string of the molecule is NCC1CC(=O)N(CCc2ccc3nccnc3c2)C1. The molecule has 1 unspecified atom stereocenters. The average molecular weight is 270 g/mol. The second-order valence-electron chi connectivity index (χ2n) is 5.28. The second kappa shape index (κ2) is 5.54. The van der Waals surface area contributed by atoms with Gasteiger partial charge in [-0.1, -0.05) is 6.07 Å². The number of nitrogens with two attached hydrogens (primary N) is 1. The number of nitrogens with zero attached hydrogens (tertiary/aromatic N) is 3. The van der Waals surface area contributed by atoms with Crippen LogP contribution in [-0.4, -0.2) is 40.4 Å². The van der Waals surface area contributed by atoms with E-state index in [0.29, 0.717) is 18.9 Å². The summed E-state index contributed by atoms with van der Waals surface area (Å²) < 4.78 is 0. The molecule has 104 valence electrons. The van der Waals surface area contributed by atoms with Crippen molar-refractivity contribution in [2.24, 2.45) is 11.7 Å². The molecule has 1 aromatic carbocycles. The molecule has 2 aromatic rings. The number of carbonyl (C=O) groups excluding carboxylic acids is 1. The van der Waals surface area contributed by atoms with Crippen LogP contribution in [0.3, 0.4) is 0 Å². The summed E-state index contributed by atoms with van der Waals surface area (Å²) in [7, 11) is 0. The number of likely N-dealkylation sites (tertiary alicyclic amines) is 1. The van der Waals surface area contributed by atoms with E-state index in [4.69, 9.17) is 5.73 Å². The molecule has 1 amide bonds. The first-order valence-corrected chi connectivity index (χ1v) is 6.94. The van der Waals surface area contributed by atoms with E-state index in [2.05, 4.69) is 16.0 Å². The Hall–Kier alpha value is -2.01. The van der Waals surface area contributed by atoms with Gasteiger partial charge < -0.3 is 10.6 Å². The summed E-state index contributed by atoms with van der Waals surface area (Å²) in [4.78, 5) is 22.3.